The largest absolute Gasteiger partial charge is 0.341 e. The lowest BCUT2D eigenvalue weighted by molar-refractivity contribution is -0.129. The summed E-state index contributed by atoms with van der Waals surface area (Å²) < 4.78 is 22.3. The number of hydrogen-bond acceptors (Lipinski definition) is 3. The molecule has 5 heteroatoms. The molecule has 1 amide bonds. The van der Waals surface area contributed by atoms with Gasteiger partial charge in [-0.15, -0.1) is 0 Å². The average Bonchev–Trinajstić information content (AvgIpc) is 2.50. The molecule has 0 radical (unpaired) electrons. The third kappa shape index (κ3) is 2.43. The highest BCUT2D eigenvalue weighted by atomic mass is 32.2. The van der Waals surface area contributed by atoms with Crippen LogP contribution in [-0.2, 0) is 14.6 Å². The molecule has 0 spiro atoms. The van der Waals surface area contributed by atoms with Gasteiger partial charge in [0.1, 0.15) is 0 Å². The monoisotopic (exact) mass is 205 g/mol. The Morgan fingerprint density at radius 1 is 1.54 bits per heavy atom. The van der Waals surface area contributed by atoms with E-state index in [-0.39, 0.29) is 11.2 Å². The molecule has 1 atom stereocenters. The molecule has 0 bridgehead atoms. The zero-order valence-corrected chi connectivity index (χ0v) is 8.80. The molecular formula is C8H15NO3S. The molecule has 1 saturated heterocycles. The molecule has 76 valence electrons. The standard InChI is InChI=1S/C8H15NO3S/c1-3-8(10)9-5-4-7(6-9)13(2,11)12/h7H,3-6H2,1-2H3. The van der Waals surface area contributed by atoms with Crippen LogP contribution in [0.2, 0.25) is 0 Å². The van der Waals surface area contributed by atoms with Gasteiger partial charge < -0.3 is 4.90 Å². The van der Waals surface area contributed by atoms with Crippen LogP contribution in [0.25, 0.3) is 0 Å². The van der Waals surface area contributed by atoms with Crippen LogP contribution in [0.1, 0.15) is 19.8 Å². The van der Waals surface area contributed by atoms with E-state index in [1.807, 2.05) is 0 Å². The summed E-state index contributed by atoms with van der Waals surface area (Å²) in [4.78, 5) is 12.8. The highest BCUT2D eigenvalue weighted by Crippen LogP contribution is 2.16. The van der Waals surface area contributed by atoms with Crippen molar-refractivity contribution in [3.63, 3.8) is 0 Å². The molecule has 0 saturated carbocycles. The van der Waals surface area contributed by atoms with E-state index in [1.54, 1.807) is 11.8 Å². The van der Waals surface area contributed by atoms with E-state index in [0.717, 1.165) is 0 Å². The maximum atomic E-state index is 11.2. The lowest BCUT2D eigenvalue weighted by atomic mass is 10.4. The predicted molar refractivity (Wildman–Crippen MR) is 50.1 cm³/mol. The summed E-state index contributed by atoms with van der Waals surface area (Å²) in [6.07, 6.45) is 2.28. The molecule has 0 aromatic heterocycles. The zero-order chi connectivity index (χ0) is 10.1. The number of hydrogen-bond donors (Lipinski definition) is 0. The van der Waals surface area contributed by atoms with Crippen molar-refractivity contribution >= 4 is 15.7 Å². The number of carbonyl (C=O) groups excluding carboxylic acids is 1. The number of carbonyl (C=O) groups is 1. The van der Waals surface area contributed by atoms with Gasteiger partial charge in [-0.25, -0.2) is 8.42 Å². The van der Waals surface area contributed by atoms with Crippen LogP contribution < -0.4 is 0 Å². The van der Waals surface area contributed by atoms with E-state index in [4.69, 9.17) is 0 Å². The maximum Gasteiger partial charge on any atom is 0.222 e. The summed E-state index contributed by atoms with van der Waals surface area (Å²) in [6, 6.07) is 0. The highest BCUT2D eigenvalue weighted by molar-refractivity contribution is 7.91. The van der Waals surface area contributed by atoms with Crippen LogP contribution >= 0.6 is 0 Å². The van der Waals surface area contributed by atoms with Gasteiger partial charge in [0.15, 0.2) is 9.84 Å². The molecule has 0 aliphatic carbocycles. The van der Waals surface area contributed by atoms with Gasteiger partial charge in [0.2, 0.25) is 5.91 Å². The van der Waals surface area contributed by atoms with Crippen LogP contribution in [0.3, 0.4) is 0 Å². The fraction of sp³-hybridized carbons (Fsp3) is 0.875. The van der Waals surface area contributed by atoms with Gasteiger partial charge in [-0.1, -0.05) is 6.92 Å². The van der Waals surface area contributed by atoms with E-state index >= 15 is 0 Å². The zero-order valence-electron chi connectivity index (χ0n) is 7.99. The number of nitrogens with zero attached hydrogens (tertiary/aromatic N) is 1. The second-order valence-electron chi connectivity index (χ2n) is 3.43. The summed E-state index contributed by atoms with van der Waals surface area (Å²) in [6.45, 7) is 2.76. The number of likely N-dealkylation sites (tertiary alicyclic amines) is 1. The first-order valence-electron chi connectivity index (χ1n) is 4.41. The average molecular weight is 205 g/mol. The topological polar surface area (TPSA) is 54.5 Å². The maximum absolute atomic E-state index is 11.2. The van der Waals surface area contributed by atoms with E-state index in [0.29, 0.717) is 25.9 Å². The quantitative estimate of drug-likeness (QED) is 0.639. The van der Waals surface area contributed by atoms with Crippen molar-refractivity contribution in [1.29, 1.82) is 0 Å². The fourth-order valence-corrected chi connectivity index (χ4v) is 2.51. The molecule has 1 aliphatic rings. The van der Waals surface area contributed by atoms with Gasteiger partial charge in [-0.3, -0.25) is 4.79 Å². The van der Waals surface area contributed by atoms with Crippen molar-refractivity contribution in [3.05, 3.63) is 0 Å². The van der Waals surface area contributed by atoms with Crippen LogP contribution in [0.5, 0.6) is 0 Å². The van der Waals surface area contributed by atoms with Crippen molar-refractivity contribution in [2.24, 2.45) is 0 Å². The molecule has 0 aromatic carbocycles. The van der Waals surface area contributed by atoms with Crippen LogP contribution in [0.4, 0.5) is 0 Å². The van der Waals surface area contributed by atoms with Gasteiger partial charge in [-0.2, -0.15) is 0 Å². The van der Waals surface area contributed by atoms with Crippen LogP contribution in [0.15, 0.2) is 0 Å². The van der Waals surface area contributed by atoms with E-state index in [2.05, 4.69) is 0 Å². The lowest BCUT2D eigenvalue weighted by Crippen LogP contribution is -2.30. The number of sulfone groups is 1. The summed E-state index contributed by atoms with van der Waals surface area (Å²) in [5.74, 6) is 0.0474. The van der Waals surface area contributed by atoms with Crippen molar-refractivity contribution < 1.29 is 13.2 Å². The lowest BCUT2D eigenvalue weighted by Gasteiger charge is -2.14. The van der Waals surface area contributed by atoms with E-state index in [9.17, 15) is 13.2 Å². The third-order valence-electron chi connectivity index (χ3n) is 2.41. The van der Waals surface area contributed by atoms with Gasteiger partial charge in [0, 0.05) is 25.8 Å². The Bertz CT molecular complexity index is 297. The van der Waals surface area contributed by atoms with Crippen LogP contribution in [0, 0.1) is 0 Å². The minimum Gasteiger partial charge on any atom is -0.341 e. The summed E-state index contributed by atoms with van der Waals surface area (Å²) in [5.41, 5.74) is 0. The molecule has 1 aliphatic heterocycles. The second kappa shape index (κ2) is 3.65. The first-order chi connectivity index (χ1) is 5.95. The Labute approximate surface area is 78.8 Å². The molecule has 0 aromatic rings. The molecule has 0 N–H and O–H groups in total. The molecule has 1 rings (SSSR count). The summed E-state index contributed by atoms with van der Waals surface area (Å²) in [7, 11) is -2.97. The van der Waals surface area contributed by atoms with Gasteiger partial charge in [0.05, 0.1) is 5.25 Å². The SMILES string of the molecule is CCC(=O)N1CCC(S(C)(=O)=O)C1. The Morgan fingerprint density at radius 3 is 2.54 bits per heavy atom. The summed E-state index contributed by atoms with van der Waals surface area (Å²) in [5, 5.41) is -0.344. The molecule has 1 fully saturated rings. The molecule has 1 unspecified atom stereocenters. The van der Waals surface area contributed by atoms with Crippen molar-refractivity contribution in [3.8, 4) is 0 Å². The Hall–Kier alpha value is -0.580. The van der Waals surface area contributed by atoms with E-state index < -0.39 is 9.84 Å². The van der Waals surface area contributed by atoms with Gasteiger partial charge >= 0.3 is 0 Å². The second-order valence-corrected chi connectivity index (χ2v) is 5.76. The van der Waals surface area contributed by atoms with E-state index in [1.165, 1.54) is 6.26 Å². The Morgan fingerprint density at radius 2 is 2.15 bits per heavy atom. The Balaban J connectivity index is 2.60. The Kier molecular flexibility index (Phi) is 2.95. The molecular weight excluding hydrogens is 190 g/mol. The minimum absolute atomic E-state index is 0.0474. The number of rotatable bonds is 2. The van der Waals surface area contributed by atoms with Crippen LogP contribution in [-0.4, -0.2) is 43.8 Å². The van der Waals surface area contributed by atoms with Gasteiger partial charge in [-0.05, 0) is 6.42 Å². The molecule has 4 nitrogen and oxygen atoms in total. The fourth-order valence-electron chi connectivity index (χ4n) is 1.53. The smallest absolute Gasteiger partial charge is 0.222 e. The van der Waals surface area contributed by atoms with Crippen molar-refractivity contribution in [1.82, 2.24) is 4.90 Å². The highest BCUT2D eigenvalue weighted by Gasteiger charge is 2.31. The van der Waals surface area contributed by atoms with Gasteiger partial charge in [0.25, 0.3) is 0 Å². The first-order valence-corrected chi connectivity index (χ1v) is 6.37. The molecule has 13 heavy (non-hydrogen) atoms. The minimum atomic E-state index is -2.97. The summed E-state index contributed by atoms with van der Waals surface area (Å²) >= 11 is 0. The first kappa shape index (κ1) is 10.5. The number of amides is 1. The predicted octanol–water partition coefficient (Wildman–Crippen LogP) is 0.0419. The normalized spacial score (nSPS) is 23.5. The molecule has 1 heterocycles. The third-order valence-corrected chi connectivity index (χ3v) is 4.00. The van der Waals surface area contributed by atoms with Crippen molar-refractivity contribution in [2.75, 3.05) is 19.3 Å². The van der Waals surface area contributed by atoms with Crippen molar-refractivity contribution in [2.45, 2.75) is 25.0 Å².